The van der Waals surface area contributed by atoms with E-state index in [9.17, 15) is 9.59 Å². The van der Waals surface area contributed by atoms with Gasteiger partial charge in [-0.05, 0) is 55.7 Å². The molecule has 1 fully saturated rings. The number of ether oxygens (including phenoxy) is 2. The van der Waals surface area contributed by atoms with Crippen LogP contribution in [0, 0.1) is 5.92 Å². The highest BCUT2D eigenvalue weighted by molar-refractivity contribution is 6.02. The van der Waals surface area contributed by atoms with Gasteiger partial charge in [0.05, 0.1) is 5.71 Å². The van der Waals surface area contributed by atoms with Gasteiger partial charge >= 0.3 is 0 Å². The molecule has 0 radical (unpaired) electrons. The van der Waals surface area contributed by atoms with Gasteiger partial charge in [0.2, 0.25) is 12.7 Å². The molecule has 27 heavy (non-hydrogen) atoms. The maximum absolute atomic E-state index is 12.3. The summed E-state index contributed by atoms with van der Waals surface area (Å²) in [4.78, 5) is 24.2. The van der Waals surface area contributed by atoms with Crippen molar-refractivity contribution in [3.05, 3.63) is 53.6 Å². The predicted octanol–water partition coefficient (Wildman–Crippen LogP) is 2.92. The summed E-state index contributed by atoms with van der Waals surface area (Å²) < 4.78 is 10.5. The lowest BCUT2D eigenvalue weighted by molar-refractivity contribution is -0.117. The molecule has 0 unspecified atom stereocenters. The van der Waals surface area contributed by atoms with Gasteiger partial charge in [-0.3, -0.25) is 9.59 Å². The van der Waals surface area contributed by atoms with Gasteiger partial charge in [-0.1, -0.05) is 12.1 Å². The Morgan fingerprint density at radius 1 is 1.04 bits per heavy atom. The summed E-state index contributed by atoms with van der Waals surface area (Å²) in [5.74, 6) is 1.02. The summed E-state index contributed by atoms with van der Waals surface area (Å²) in [7, 11) is 0. The van der Waals surface area contributed by atoms with Crippen molar-refractivity contribution >= 4 is 23.2 Å². The smallest absolute Gasteiger partial charge is 0.271 e. The van der Waals surface area contributed by atoms with E-state index in [2.05, 4.69) is 15.8 Å². The largest absolute Gasteiger partial charge is 0.454 e. The Bertz CT molecular complexity index is 935. The van der Waals surface area contributed by atoms with Crippen LogP contribution in [0.25, 0.3) is 0 Å². The van der Waals surface area contributed by atoms with Crippen molar-refractivity contribution in [2.75, 3.05) is 12.1 Å². The van der Waals surface area contributed by atoms with E-state index < -0.39 is 0 Å². The lowest BCUT2D eigenvalue weighted by atomic mass is 10.1. The SMILES string of the molecule is CC(=NNC(=O)c1ccc2c(c1)OCO2)c1cccc(NC(=O)C2CC2)c1. The maximum Gasteiger partial charge on any atom is 0.271 e. The Morgan fingerprint density at radius 3 is 2.67 bits per heavy atom. The summed E-state index contributed by atoms with van der Waals surface area (Å²) in [6.07, 6.45) is 1.91. The number of hydrogen-bond acceptors (Lipinski definition) is 5. The van der Waals surface area contributed by atoms with E-state index >= 15 is 0 Å². The van der Waals surface area contributed by atoms with Gasteiger partial charge in [-0.25, -0.2) is 5.43 Å². The van der Waals surface area contributed by atoms with Crippen LogP contribution in [-0.2, 0) is 4.79 Å². The molecule has 2 aliphatic rings. The average Bonchev–Trinajstić information content (AvgIpc) is 3.43. The second kappa shape index (κ2) is 7.11. The number of rotatable bonds is 5. The van der Waals surface area contributed by atoms with E-state index in [-0.39, 0.29) is 24.5 Å². The van der Waals surface area contributed by atoms with Crippen LogP contribution in [0.2, 0.25) is 0 Å². The van der Waals surface area contributed by atoms with Crippen molar-refractivity contribution in [3.63, 3.8) is 0 Å². The fraction of sp³-hybridized carbons (Fsp3) is 0.250. The van der Waals surface area contributed by atoms with Gasteiger partial charge in [0.1, 0.15) is 0 Å². The molecule has 0 saturated heterocycles. The number of hydrazone groups is 1. The zero-order valence-electron chi connectivity index (χ0n) is 14.8. The monoisotopic (exact) mass is 365 g/mol. The number of anilines is 1. The molecule has 2 N–H and O–H groups in total. The quantitative estimate of drug-likeness (QED) is 0.630. The van der Waals surface area contributed by atoms with Crippen LogP contribution in [-0.4, -0.2) is 24.3 Å². The Hall–Kier alpha value is -3.35. The number of amides is 2. The fourth-order valence-electron chi connectivity index (χ4n) is 2.71. The molecule has 0 atom stereocenters. The van der Waals surface area contributed by atoms with E-state index in [4.69, 9.17) is 9.47 Å². The van der Waals surface area contributed by atoms with Crippen LogP contribution in [0.4, 0.5) is 5.69 Å². The van der Waals surface area contributed by atoms with Crippen molar-refractivity contribution in [3.8, 4) is 11.5 Å². The minimum Gasteiger partial charge on any atom is -0.454 e. The van der Waals surface area contributed by atoms with Crippen molar-refractivity contribution < 1.29 is 19.1 Å². The van der Waals surface area contributed by atoms with Crippen molar-refractivity contribution in [2.24, 2.45) is 11.0 Å². The first-order chi connectivity index (χ1) is 13.1. The second-order valence-corrected chi connectivity index (χ2v) is 6.55. The molecular weight excluding hydrogens is 346 g/mol. The molecule has 0 spiro atoms. The zero-order valence-corrected chi connectivity index (χ0v) is 14.8. The lowest BCUT2D eigenvalue weighted by Gasteiger charge is -2.07. The van der Waals surface area contributed by atoms with E-state index in [1.165, 1.54) is 0 Å². The molecule has 1 aliphatic heterocycles. The standard InChI is InChI=1S/C20H19N3O4/c1-12(14-3-2-4-16(9-14)21-19(24)13-5-6-13)22-23-20(25)15-7-8-17-18(10-15)27-11-26-17/h2-4,7-10,13H,5-6,11H2,1H3,(H,21,24)(H,23,25). The second-order valence-electron chi connectivity index (χ2n) is 6.55. The van der Waals surface area contributed by atoms with E-state index in [1.807, 2.05) is 24.3 Å². The van der Waals surface area contributed by atoms with Gasteiger partial charge in [0.15, 0.2) is 11.5 Å². The summed E-state index contributed by atoms with van der Waals surface area (Å²) in [6, 6.07) is 12.4. The molecule has 138 valence electrons. The number of fused-ring (bicyclic) bond motifs is 1. The lowest BCUT2D eigenvalue weighted by Crippen LogP contribution is -2.19. The number of carbonyl (C=O) groups excluding carboxylic acids is 2. The molecule has 0 aromatic heterocycles. The highest BCUT2D eigenvalue weighted by Gasteiger charge is 2.29. The Balaban J connectivity index is 1.42. The Labute approximate surface area is 156 Å². The highest BCUT2D eigenvalue weighted by Crippen LogP contribution is 2.32. The molecule has 1 heterocycles. The third-order valence-electron chi connectivity index (χ3n) is 4.46. The molecular formula is C20H19N3O4. The molecule has 7 nitrogen and oxygen atoms in total. The topological polar surface area (TPSA) is 89.0 Å². The molecule has 4 rings (SSSR count). The molecule has 7 heteroatoms. The number of hydrogen-bond donors (Lipinski definition) is 2. The summed E-state index contributed by atoms with van der Waals surface area (Å²) in [5.41, 5.74) is 5.14. The van der Waals surface area contributed by atoms with E-state index in [0.717, 1.165) is 24.1 Å². The van der Waals surface area contributed by atoms with E-state index in [0.29, 0.717) is 22.8 Å². The molecule has 2 aromatic carbocycles. The molecule has 0 bridgehead atoms. The Kier molecular flexibility index (Phi) is 4.50. The molecule has 1 aliphatic carbocycles. The highest BCUT2D eigenvalue weighted by atomic mass is 16.7. The minimum atomic E-state index is -0.342. The first-order valence-electron chi connectivity index (χ1n) is 8.76. The molecule has 2 aromatic rings. The summed E-state index contributed by atoms with van der Waals surface area (Å²) >= 11 is 0. The number of carbonyl (C=O) groups is 2. The van der Waals surface area contributed by atoms with Gasteiger partial charge in [-0.15, -0.1) is 0 Å². The van der Waals surface area contributed by atoms with Crippen LogP contribution < -0.4 is 20.2 Å². The number of nitrogens with zero attached hydrogens (tertiary/aromatic N) is 1. The molecule has 1 saturated carbocycles. The predicted molar refractivity (Wildman–Crippen MR) is 100 cm³/mol. The van der Waals surface area contributed by atoms with Crippen molar-refractivity contribution in [1.29, 1.82) is 0 Å². The maximum atomic E-state index is 12.3. The third-order valence-corrected chi connectivity index (χ3v) is 4.46. The van der Waals surface area contributed by atoms with Crippen LogP contribution in [0.5, 0.6) is 11.5 Å². The number of nitrogens with one attached hydrogen (secondary N) is 2. The number of benzene rings is 2. The van der Waals surface area contributed by atoms with Crippen LogP contribution >= 0.6 is 0 Å². The third kappa shape index (κ3) is 3.92. The average molecular weight is 365 g/mol. The Morgan fingerprint density at radius 2 is 1.85 bits per heavy atom. The van der Waals surface area contributed by atoms with Gasteiger partial charge < -0.3 is 14.8 Å². The van der Waals surface area contributed by atoms with Crippen LogP contribution in [0.1, 0.15) is 35.7 Å². The van der Waals surface area contributed by atoms with Gasteiger partial charge in [0, 0.05) is 17.2 Å². The summed E-state index contributed by atoms with van der Waals surface area (Å²) in [6.45, 7) is 1.95. The van der Waals surface area contributed by atoms with Gasteiger partial charge in [-0.2, -0.15) is 5.10 Å². The van der Waals surface area contributed by atoms with Crippen molar-refractivity contribution in [2.45, 2.75) is 19.8 Å². The molecule has 2 amide bonds. The minimum absolute atomic E-state index is 0.0536. The van der Waals surface area contributed by atoms with Crippen LogP contribution in [0.3, 0.4) is 0 Å². The normalized spacial score (nSPS) is 15.4. The first-order valence-corrected chi connectivity index (χ1v) is 8.76. The fourth-order valence-corrected chi connectivity index (χ4v) is 2.71. The zero-order chi connectivity index (χ0) is 18.8. The first kappa shape index (κ1) is 17.1. The van der Waals surface area contributed by atoms with Crippen molar-refractivity contribution in [1.82, 2.24) is 5.43 Å². The van der Waals surface area contributed by atoms with E-state index in [1.54, 1.807) is 25.1 Å². The summed E-state index contributed by atoms with van der Waals surface area (Å²) in [5, 5.41) is 7.07. The van der Waals surface area contributed by atoms with Crippen LogP contribution in [0.15, 0.2) is 47.6 Å². The van der Waals surface area contributed by atoms with Gasteiger partial charge in [0.25, 0.3) is 5.91 Å².